The van der Waals surface area contributed by atoms with Crippen LogP contribution in [0.1, 0.15) is 29.6 Å². The summed E-state index contributed by atoms with van der Waals surface area (Å²) < 4.78 is 6.39. The van der Waals surface area contributed by atoms with Crippen LogP contribution in [0.4, 0.5) is 0 Å². The Bertz CT molecular complexity index is 445. The summed E-state index contributed by atoms with van der Waals surface area (Å²) in [6.07, 6.45) is 3.59. The number of hydrogen-bond donors (Lipinski definition) is 2. The number of piperidine rings is 1. The van der Waals surface area contributed by atoms with E-state index >= 15 is 0 Å². The van der Waals surface area contributed by atoms with Gasteiger partial charge in [-0.25, -0.2) is 0 Å². The van der Waals surface area contributed by atoms with Crippen LogP contribution in [0.3, 0.4) is 0 Å². The van der Waals surface area contributed by atoms with Crippen molar-refractivity contribution in [3.8, 4) is 5.75 Å². The van der Waals surface area contributed by atoms with Crippen LogP contribution in [-0.4, -0.2) is 25.6 Å². The molecule has 0 bridgehead atoms. The summed E-state index contributed by atoms with van der Waals surface area (Å²) in [5.74, 6) is 1.04. The Morgan fingerprint density at radius 1 is 1.53 bits per heavy atom. The van der Waals surface area contributed by atoms with Crippen LogP contribution >= 0.6 is 15.9 Å². The van der Waals surface area contributed by atoms with Crippen LogP contribution in [0.5, 0.6) is 5.75 Å². The predicted molar refractivity (Wildman–Crippen MR) is 78.4 cm³/mol. The minimum atomic E-state index is -0.438. The van der Waals surface area contributed by atoms with E-state index in [1.807, 2.05) is 0 Å². The Hall–Kier alpha value is -1.07. The van der Waals surface area contributed by atoms with Gasteiger partial charge in [0.2, 0.25) is 5.91 Å². The first-order valence-electron chi connectivity index (χ1n) is 6.59. The number of ether oxygens (including phenoxy) is 1. The summed E-state index contributed by atoms with van der Waals surface area (Å²) in [6.45, 7) is 2.93. The highest BCUT2D eigenvalue weighted by Gasteiger charge is 2.13. The average molecular weight is 327 g/mol. The van der Waals surface area contributed by atoms with Crippen molar-refractivity contribution >= 4 is 21.8 Å². The van der Waals surface area contributed by atoms with E-state index in [0.29, 0.717) is 22.6 Å². The third-order valence-electron chi connectivity index (χ3n) is 3.40. The fourth-order valence-electron chi connectivity index (χ4n) is 2.30. The Morgan fingerprint density at radius 2 is 2.37 bits per heavy atom. The van der Waals surface area contributed by atoms with E-state index in [2.05, 4.69) is 21.2 Å². The molecule has 1 atom stereocenters. The van der Waals surface area contributed by atoms with Crippen molar-refractivity contribution < 1.29 is 9.53 Å². The molecule has 1 heterocycles. The molecule has 3 N–H and O–H groups in total. The van der Waals surface area contributed by atoms with Crippen molar-refractivity contribution in [2.75, 3.05) is 19.7 Å². The predicted octanol–water partition coefficient (Wildman–Crippen LogP) is 2.32. The van der Waals surface area contributed by atoms with E-state index in [4.69, 9.17) is 10.5 Å². The fourth-order valence-corrected chi connectivity index (χ4v) is 2.85. The van der Waals surface area contributed by atoms with Crippen molar-refractivity contribution in [1.82, 2.24) is 5.32 Å². The summed E-state index contributed by atoms with van der Waals surface area (Å²) in [4.78, 5) is 11.1. The summed E-state index contributed by atoms with van der Waals surface area (Å²) in [5.41, 5.74) is 5.72. The van der Waals surface area contributed by atoms with Gasteiger partial charge >= 0.3 is 0 Å². The van der Waals surface area contributed by atoms with Gasteiger partial charge in [0.25, 0.3) is 0 Å². The zero-order valence-electron chi connectivity index (χ0n) is 10.8. The number of amides is 1. The molecule has 1 aliphatic heterocycles. The van der Waals surface area contributed by atoms with Crippen molar-refractivity contribution in [3.05, 3.63) is 28.2 Å². The summed E-state index contributed by atoms with van der Waals surface area (Å²) in [7, 11) is 0. The van der Waals surface area contributed by atoms with Crippen LogP contribution in [0.2, 0.25) is 0 Å². The molecule has 0 aromatic heterocycles. The number of primary amides is 1. The highest BCUT2D eigenvalue weighted by Crippen LogP contribution is 2.23. The Balaban J connectivity index is 1.82. The highest BCUT2D eigenvalue weighted by molar-refractivity contribution is 9.10. The molecule has 1 saturated heterocycles. The molecule has 104 valence electrons. The first-order chi connectivity index (χ1) is 9.16. The van der Waals surface area contributed by atoms with Gasteiger partial charge in [0.15, 0.2) is 0 Å². The lowest BCUT2D eigenvalue weighted by Gasteiger charge is -2.22. The van der Waals surface area contributed by atoms with Crippen LogP contribution in [0.25, 0.3) is 0 Å². The van der Waals surface area contributed by atoms with Gasteiger partial charge in [0.1, 0.15) is 5.75 Å². The van der Waals surface area contributed by atoms with E-state index < -0.39 is 5.91 Å². The minimum Gasteiger partial charge on any atom is -0.494 e. The van der Waals surface area contributed by atoms with Gasteiger partial charge < -0.3 is 15.8 Å². The maximum Gasteiger partial charge on any atom is 0.249 e. The third-order valence-corrected chi connectivity index (χ3v) is 4.06. The van der Waals surface area contributed by atoms with E-state index in [1.165, 1.54) is 12.8 Å². The smallest absolute Gasteiger partial charge is 0.249 e. The zero-order chi connectivity index (χ0) is 13.7. The van der Waals surface area contributed by atoms with Gasteiger partial charge in [-0.15, -0.1) is 0 Å². The molecule has 1 unspecified atom stereocenters. The lowest BCUT2D eigenvalue weighted by Crippen LogP contribution is -2.30. The van der Waals surface area contributed by atoms with Gasteiger partial charge in [-0.3, -0.25) is 4.79 Å². The second-order valence-electron chi connectivity index (χ2n) is 4.86. The molecule has 2 rings (SSSR count). The Labute approximate surface area is 121 Å². The van der Waals surface area contributed by atoms with Crippen LogP contribution < -0.4 is 15.8 Å². The lowest BCUT2D eigenvalue weighted by molar-refractivity contribution is 0.0999. The van der Waals surface area contributed by atoms with Crippen LogP contribution in [0, 0.1) is 5.92 Å². The van der Waals surface area contributed by atoms with Crippen LogP contribution in [0.15, 0.2) is 22.7 Å². The molecule has 0 spiro atoms. The number of halogens is 1. The summed E-state index contributed by atoms with van der Waals surface area (Å²) in [6, 6.07) is 5.26. The first kappa shape index (κ1) is 14.3. The number of nitrogens with one attached hydrogen (secondary N) is 1. The van der Waals surface area contributed by atoms with Gasteiger partial charge in [-0.1, -0.05) is 0 Å². The average Bonchev–Trinajstić information content (AvgIpc) is 2.39. The molecular formula is C14H19BrN2O2. The molecule has 5 heteroatoms. The number of nitrogens with two attached hydrogens (primary N) is 1. The maximum atomic E-state index is 11.1. The van der Waals surface area contributed by atoms with Crippen LogP contribution in [-0.2, 0) is 0 Å². The zero-order valence-corrected chi connectivity index (χ0v) is 12.4. The lowest BCUT2D eigenvalue weighted by atomic mass is 9.97. The number of rotatable bonds is 5. The SMILES string of the molecule is NC(=O)c1ccc(OCCC2CCCNC2)cc1Br. The molecule has 1 amide bonds. The maximum absolute atomic E-state index is 11.1. The molecule has 0 aliphatic carbocycles. The molecule has 19 heavy (non-hydrogen) atoms. The molecule has 1 aliphatic rings. The fraction of sp³-hybridized carbons (Fsp3) is 0.500. The standard InChI is InChI=1S/C14H19BrN2O2/c15-13-8-11(3-4-12(13)14(16)18)19-7-5-10-2-1-6-17-9-10/h3-4,8,10,17H,1-2,5-7,9H2,(H2,16,18). The summed E-state index contributed by atoms with van der Waals surface area (Å²) >= 11 is 3.33. The van der Waals surface area contributed by atoms with Gasteiger partial charge in [0.05, 0.1) is 12.2 Å². The largest absolute Gasteiger partial charge is 0.494 e. The summed E-state index contributed by atoms with van der Waals surface area (Å²) in [5, 5.41) is 3.40. The molecule has 0 radical (unpaired) electrons. The molecule has 1 aromatic rings. The van der Waals surface area contributed by atoms with E-state index in [9.17, 15) is 4.79 Å². The third kappa shape index (κ3) is 4.21. The molecular weight excluding hydrogens is 308 g/mol. The Morgan fingerprint density at radius 3 is 3.00 bits per heavy atom. The van der Waals surface area contributed by atoms with Crippen molar-refractivity contribution in [2.24, 2.45) is 11.7 Å². The highest BCUT2D eigenvalue weighted by atomic mass is 79.9. The van der Waals surface area contributed by atoms with Crippen molar-refractivity contribution in [1.29, 1.82) is 0 Å². The van der Waals surface area contributed by atoms with Crippen molar-refractivity contribution in [3.63, 3.8) is 0 Å². The normalized spacial score (nSPS) is 19.1. The van der Waals surface area contributed by atoms with E-state index in [-0.39, 0.29) is 0 Å². The van der Waals surface area contributed by atoms with Gasteiger partial charge in [-0.05, 0) is 72.4 Å². The number of carbonyl (C=O) groups excluding carboxylic acids is 1. The molecule has 0 saturated carbocycles. The molecule has 1 fully saturated rings. The molecule has 1 aromatic carbocycles. The minimum absolute atomic E-state index is 0.438. The second-order valence-corrected chi connectivity index (χ2v) is 5.71. The quantitative estimate of drug-likeness (QED) is 0.872. The van der Waals surface area contributed by atoms with Crippen molar-refractivity contribution in [2.45, 2.75) is 19.3 Å². The number of hydrogen-bond acceptors (Lipinski definition) is 3. The topological polar surface area (TPSA) is 64.4 Å². The van der Waals surface area contributed by atoms with Gasteiger partial charge in [0, 0.05) is 4.47 Å². The number of benzene rings is 1. The van der Waals surface area contributed by atoms with E-state index in [1.54, 1.807) is 18.2 Å². The monoisotopic (exact) mass is 326 g/mol. The number of carbonyl (C=O) groups is 1. The Kier molecular flexibility index (Phi) is 5.22. The van der Waals surface area contributed by atoms with E-state index in [0.717, 1.165) is 25.3 Å². The second kappa shape index (κ2) is 6.91. The van der Waals surface area contributed by atoms with Gasteiger partial charge in [-0.2, -0.15) is 0 Å². The molecule has 4 nitrogen and oxygen atoms in total. The first-order valence-corrected chi connectivity index (χ1v) is 7.39.